The van der Waals surface area contributed by atoms with E-state index in [2.05, 4.69) is 15.6 Å². The fourth-order valence-electron chi connectivity index (χ4n) is 2.98. The Kier molecular flexibility index (Phi) is 6.80. The van der Waals surface area contributed by atoms with Gasteiger partial charge in [-0.05, 0) is 49.2 Å². The van der Waals surface area contributed by atoms with Gasteiger partial charge in [-0.1, -0.05) is 31.2 Å². The van der Waals surface area contributed by atoms with Gasteiger partial charge < -0.3 is 15.4 Å². The molecule has 3 rings (SSSR count). The molecule has 0 saturated heterocycles. The van der Waals surface area contributed by atoms with Crippen molar-refractivity contribution in [1.82, 2.24) is 4.98 Å². The molecule has 0 aliphatic rings. The lowest BCUT2D eigenvalue weighted by molar-refractivity contribution is -0.114. The lowest BCUT2D eigenvalue weighted by Gasteiger charge is -2.12. The first kappa shape index (κ1) is 21.0. The third-order valence-electron chi connectivity index (χ3n) is 4.48. The fourth-order valence-corrected chi connectivity index (χ4v) is 2.98. The molecule has 0 atom stereocenters. The first-order valence-electron chi connectivity index (χ1n) is 9.86. The number of carbonyl (C=O) groups is 2. The molecule has 2 aromatic carbocycles. The van der Waals surface area contributed by atoms with Crippen LogP contribution < -0.4 is 15.4 Å². The van der Waals surface area contributed by atoms with Gasteiger partial charge in [-0.3, -0.25) is 9.59 Å². The van der Waals surface area contributed by atoms with Gasteiger partial charge in [0.15, 0.2) is 0 Å². The van der Waals surface area contributed by atoms with Crippen molar-refractivity contribution >= 4 is 40.2 Å². The molecule has 0 fully saturated rings. The van der Waals surface area contributed by atoms with E-state index < -0.39 is 0 Å². The van der Waals surface area contributed by atoms with Gasteiger partial charge in [0.2, 0.25) is 17.7 Å². The van der Waals surface area contributed by atoms with Gasteiger partial charge in [-0.2, -0.15) is 0 Å². The van der Waals surface area contributed by atoms with Crippen molar-refractivity contribution in [3.05, 3.63) is 65.7 Å². The second-order valence-electron chi connectivity index (χ2n) is 6.91. The number of nitrogens with zero attached hydrogens (tertiary/aromatic N) is 1. The second-order valence-corrected chi connectivity index (χ2v) is 6.91. The summed E-state index contributed by atoms with van der Waals surface area (Å²) in [5.74, 6) is 0.0565. The molecule has 1 heterocycles. The van der Waals surface area contributed by atoms with Crippen molar-refractivity contribution in [1.29, 1.82) is 0 Å². The SMILES string of the molecule is CCCOc1nc2ccccc2cc1/C=C/C(=O)Nc1cccc(NC(C)=O)c1C. The summed E-state index contributed by atoms with van der Waals surface area (Å²) in [6.07, 6.45) is 4.02. The lowest BCUT2D eigenvalue weighted by atomic mass is 10.1. The summed E-state index contributed by atoms with van der Waals surface area (Å²) in [4.78, 5) is 28.4. The zero-order valence-corrected chi connectivity index (χ0v) is 17.4. The van der Waals surface area contributed by atoms with Gasteiger partial charge in [-0.25, -0.2) is 4.98 Å². The van der Waals surface area contributed by atoms with E-state index in [1.165, 1.54) is 13.0 Å². The van der Waals surface area contributed by atoms with Crippen LogP contribution in [0.4, 0.5) is 11.4 Å². The number of para-hydroxylation sites is 1. The van der Waals surface area contributed by atoms with Crippen LogP contribution in [0.3, 0.4) is 0 Å². The molecule has 2 amide bonds. The minimum absolute atomic E-state index is 0.162. The van der Waals surface area contributed by atoms with Crippen molar-refractivity contribution in [3.8, 4) is 5.88 Å². The number of rotatable bonds is 7. The molecule has 3 aromatic rings. The molecule has 154 valence electrons. The third-order valence-corrected chi connectivity index (χ3v) is 4.48. The summed E-state index contributed by atoms with van der Waals surface area (Å²) in [5, 5.41) is 6.58. The molecule has 0 unspecified atom stereocenters. The van der Waals surface area contributed by atoms with Crippen molar-refractivity contribution in [2.24, 2.45) is 0 Å². The highest BCUT2D eigenvalue weighted by atomic mass is 16.5. The van der Waals surface area contributed by atoms with E-state index >= 15 is 0 Å². The highest BCUT2D eigenvalue weighted by Gasteiger charge is 2.09. The molecule has 6 heteroatoms. The van der Waals surface area contributed by atoms with Gasteiger partial charge >= 0.3 is 0 Å². The zero-order valence-electron chi connectivity index (χ0n) is 17.4. The number of benzene rings is 2. The Morgan fingerprint density at radius 2 is 1.80 bits per heavy atom. The quantitative estimate of drug-likeness (QED) is 0.548. The van der Waals surface area contributed by atoms with Crippen LogP contribution in [0.2, 0.25) is 0 Å². The van der Waals surface area contributed by atoms with E-state index in [-0.39, 0.29) is 11.8 Å². The van der Waals surface area contributed by atoms with E-state index in [0.717, 1.165) is 28.5 Å². The zero-order chi connectivity index (χ0) is 21.5. The summed E-state index contributed by atoms with van der Waals surface area (Å²) < 4.78 is 5.78. The Morgan fingerprint density at radius 1 is 1.07 bits per heavy atom. The first-order valence-corrected chi connectivity index (χ1v) is 9.86. The monoisotopic (exact) mass is 403 g/mol. The van der Waals surface area contributed by atoms with Gasteiger partial charge in [0.25, 0.3) is 0 Å². The van der Waals surface area contributed by atoms with Crippen LogP contribution in [0.15, 0.2) is 54.6 Å². The van der Waals surface area contributed by atoms with Gasteiger partial charge in [0.05, 0.1) is 12.1 Å². The number of aromatic nitrogens is 1. The Bertz CT molecular complexity index is 1110. The molecule has 0 aliphatic heterocycles. The number of hydrogen-bond donors (Lipinski definition) is 2. The summed E-state index contributed by atoms with van der Waals surface area (Å²) in [6, 6.07) is 15.1. The lowest BCUT2D eigenvalue weighted by Crippen LogP contribution is -2.12. The maximum absolute atomic E-state index is 12.5. The van der Waals surface area contributed by atoms with Crippen LogP contribution >= 0.6 is 0 Å². The molecule has 0 saturated carbocycles. The Hall–Kier alpha value is -3.67. The average molecular weight is 403 g/mol. The largest absolute Gasteiger partial charge is 0.477 e. The standard InChI is InChI=1S/C24H25N3O3/c1-4-14-30-24-19(15-18-8-5-6-9-22(18)27-24)12-13-23(29)26-21-11-7-10-20(16(21)2)25-17(3)28/h5-13,15H,4,14H2,1-3H3,(H,25,28)(H,26,29)/b13-12+. The Labute approximate surface area is 176 Å². The predicted octanol–water partition coefficient (Wildman–Crippen LogP) is 4.94. The maximum Gasteiger partial charge on any atom is 0.248 e. The van der Waals surface area contributed by atoms with E-state index in [0.29, 0.717) is 23.9 Å². The van der Waals surface area contributed by atoms with Crippen molar-refractivity contribution in [2.45, 2.75) is 27.2 Å². The van der Waals surface area contributed by atoms with Gasteiger partial charge in [-0.15, -0.1) is 0 Å². The molecule has 0 radical (unpaired) electrons. The Morgan fingerprint density at radius 3 is 2.53 bits per heavy atom. The third kappa shape index (κ3) is 5.23. The molecule has 0 aliphatic carbocycles. The van der Waals surface area contributed by atoms with Crippen LogP contribution in [-0.4, -0.2) is 23.4 Å². The van der Waals surface area contributed by atoms with Crippen LogP contribution in [0.1, 0.15) is 31.4 Å². The minimum Gasteiger partial charge on any atom is -0.477 e. The van der Waals surface area contributed by atoms with Crippen LogP contribution in [0, 0.1) is 6.92 Å². The maximum atomic E-state index is 12.5. The molecule has 30 heavy (non-hydrogen) atoms. The fraction of sp³-hybridized carbons (Fsp3) is 0.208. The van der Waals surface area contributed by atoms with E-state index in [1.54, 1.807) is 24.3 Å². The molecule has 0 bridgehead atoms. The number of pyridine rings is 1. The van der Waals surface area contributed by atoms with Gasteiger partial charge in [0.1, 0.15) is 0 Å². The number of fused-ring (bicyclic) bond motifs is 1. The highest BCUT2D eigenvalue weighted by Crippen LogP contribution is 2.25. The first-order chi connectivity index (χ1) is 14.5. The Balaban J connectivity index is 1.82. The normalized spacial score (nSPS) is 10.9. The molecule has 2 N–H and O–H groups in total. The smallest absolute Gasteiger partial charge is 0.248 e. The summed E-state index contributed by atoms with van der Waals surface area (Å²) >= 11 is 0. The molecule has 6 nitrogen and oxygen atoms in total. The minimum atomic E-state index is -0.285. The summed E-state index contributed by atoms with van der Waals surface area (Å²) in [6.45, 7) is 5.87. The second kappa shape index (κ2) is 9.69. The number of nitrogens with one attached hydrogen (secondary N) is 2. The van der Waals surface area contributed by atoms with Gasteiger partial charge in [0, 0.05) is 35.3 Å². The topological polar surface area (TPSA) is 80.3 Å². The number of ether oxygens (including phenoxy) is 1. The molecule has 1 aromatic heterocycles. The van der Waals surface area contributed by atoms with Crippen molar-refractivity contribution < 1.29 is 14.3 Å². The van der Waals surface area contributed by atoms with Crippen LogP contribution in [0.25, 0.3) is 17.0 Å². The number of hydrogen-bond acceptors (Lipinski definition) is 4. The molecular formula is C24H25N3O3. The van der Waals surface area contributed by atoms with Crippen LogP contribution in [0.5, 0.6) is 5.88 Å². The number of carbonyl (C=O) groups excluding carboxylic acids is 2. The van der Waals surface area contributed by atoms with E-state index in [4.69, 9.17) is 4.74 Å². The predicted molar refractivity (Wildman–Crippen MR) is 121 cm³/mol. The van der Waals surface area contributed by atoms with Crippen LogP contribution in [-0.2, 0) is 9.59 Å². The average Bonchev–Trinajstić information content (AvgIpc) is 2.73. The molecule has 0 spiro atoms. The summed E-state index contributed by atoms with van der Waals surface area (Å²) in [5.41, 5.74) is 3.67. The summed E-state index contributed by atoms with van der Waals surface area (Å²) in [7, 11) is 0. The number of anilines is 2. The molecular weight excluding hydrogens is 378 g/mol. The van der Waals surface area contributed by atoms with E-state index in [1.807, 2.05) is 44.2 Å². The van der Waals surface area contributed by atoms with Crippen molar-refractivity contribution in [2.75, 3.05) is 17.2 Å². The number of amides is 2. The van der Waals surface area contributed by atoms with Crippen molar-refractivity contribution in [3.63, 3.8) is 0 Å². The van der Waals surface area contributed by atoms with E-state index in [9.17, 15) is 9.59 Å². The highest BCUT2D eigenvalue weighted by molar-refractivity contribution is 6.03.